The topological polar surface area (TPSA) is 86.9 Å². The predicted octanol–water partition coefficient (Wildman–Crippen LogP) is 2.88. The number of amides is 2. The van der Waals surface area contributed by atoms with Crippen molar-refractivity contribution in [1.82, 2.24) is 15.3 Å². The van der Waals surface area contributed by atoms with E-state index in [-0.39, 0.29) is 13.0 Å². The number of hydrogen-bond acceptors (Lipinski definition) is 3. The summed E-state index contributed by atoms with van der Waals surface area (Å²) in [6.07, 6.45) is 0.422. The van der Waals surface area contributed by atoms with Crippen LogP contribution in [0.5, 0.6) is 0 Å². The maximum atomic E-state index is 12.7. The molecule has 0 unspecified atom stereocenters. The number of hydrogen-bond donors (Lipinski definition) is 3. The van der Waals surface area contributed by atoms with Crippen molar-refractivity contribution < 1.29 is 22.8 Å². The Morgan fingerprint density at radius 2 is 1.96 bits per heavy atom. The number of carbonyl (C=O) groups excluding carboxylic acids is 2. The number of rotatable bonds is 4. The predicted molar refractivity (Wildman–Crippen MR) is 92.9 cm³/mol. The second-order valence-corrected chi connectivity index (χ2v) is 5.78. The van der Waals surface area contributed by atoms with Crippen LogP contribution in [0.3, 0.4) is 0 Å². The van der Waals surface area contributed by atoms with E-state index < -0.39 is 23.6 Å². The number of anilines is 1. The van der Waals surface area contributed by atoms with Gasteiger partial charge in [-0.05, 0) is 24.1 Å². The number of nitrogens with zero attached hydrogens (tertiary/aromatic N) is 1. The van der Waals surface area contributed by atoms with Crippen LogP contribution in [0.25, 0.3) is 10.9 Å². The summed E-state index contributed by atoms with van der Waals surface area (Å²) in [6.45, 7) is 0.0308. The zero-order chi connectivity index (χ0) is 19.4. The molecule has 2 heterocycles. The van der Waals surface area contributed by atoms with Crippen molar-refractivity contribution in [2.24, 2.45) is 0 Å². The lowest BCUT2D eigenvalue weighted by molar-refractivity contribution is -0.137. The van der Waals surface area contributed by atoms with Gasteiger partial charge in [0.1, 0.15) is 0 Å². The molecule has 0 saturated carbocycles. The van der Waals surface area contributed by atoms with Gasteiger partial charge in [0, 0.05) is 30.5 Å². The molecule has 140 valence electrons. The molecule has 0 aliphatic carbocycles. The number of alkyl halides is 3. The van der Waals surface area contributed by atoms with E-state index in [2.05, 4.69) is 20.6 Å². The summed E-state index contributed by atoms with van der Waals surface area (Å²) < 4.78 is 38.1. The van der Waals surface area contributed by atoms with Gasteiger partial charge in [0.15, 0.2) is 0 Å². The Kier molecular flexibility index (Phi) is 5.11. The summed E-state index contributed by atoms with van der Waals surface area (Å²) in [6, 6.07) is 6.55. The molecule has 2 aromatic heterocycles. The van der Waals surface area contributed by atoms with Crippen LogP contribution < -0.4 is 10.6 Å². The Balaban J connectivity index is 1.54. The van der Waals surface area contributed by atoms with Gasteiger partial charge in [-0.1, -0.05) is 18.2 Å². The highest BCUT2D eigenvalue weighted by atomic mass is 19.4. The molecule has 0 bridgehead atoms. The zero-order valence-corrected chi connectivity index (χ0v) is 13.9. The van der Waals surface area contributed by atoms with E-state index in [0.29, 0.717) is 16.6 Å². The van der Waals surface area contributed by atoms with E-state index in [1.54, 1.807) is 24.7 Å². The number of carbonyl (C=O) groups is 2. The van der Waals surface area contributed by atoms with E-state index in [1.807, 2.05) is 0 Å². The molecule has 0 saturated heterocycles. The van der Waals surface area contributed by atoms with Gasteiger partial charge in [-0.15, -0.1) is 0 Å². The van der Waals surface area contributed by atoms with Gasteiger partial charge < -0.3 is 15.6 Å². The number of nitrogens with one attached hydrogen (secondary N) is 3. The fourth-order valence-corrected chi connectivity index (χ4v) is 2.55. The number of benzene rings is 1. The summed E-state index contributed by atoms with van der Waals surface area (Å²) in [4.78, 5) is 30.8. The molecule has 2 amide bonds. The van der Waals surface area contributed by atoms with Crippen LogP contribution >= 0.6 is 0 Å². The van der Waals surface area contributed by atoms with Crippen molar-refractivity contribution in [2.45, 2.75) is 12.6 Å². The first-order chi connectivity index (χ1) is 12.8. The molecule has 0 aliphatic rings. The highest BCUT2D eigenvalue weighted by Crippen LogP contribution is 2.29. The zero-order valence-electron chi connectivity index (χ0n) is 13.9. The van der Waals surface area contributed by atoms with Crippen LogP contribution in [0.1, 0.15) is 11.1 Å². The summed E-state index contributed by atoms with van der Waals surface area (Å²) in [5.74, 6) is -1.75. The van der Waals surface area contributed by atoms with E-state index in [9.17, 15) is 22.8 Å². The summed E-state index contributed by atoms with van der Waals surface area (Å²) >= 11 is 0. The Hall–Kier alpha value is -3.36. The number of aromatic amines is 1. The first-order valence-electron chi connectivity index (χ1n) is 8.01. The van der Waals surface area contributed by atoms with Crippen molar-refractivity contribution in [3.63, 3.8) is 0 Å². The average Bonchev–Trinajstić information content (AvgIpc) is 3.04. The largest absolute Gasteiger partial charge is 0.416 e. The van der Waals surface area contributed by atoms with Gasteiger partial charge in [-0.3, -0.25) is 14.6 Å². The van der Waals surface area contributed by atoms with Crippen molar-refractivity contribution in [3.8, 4) is 0 Å². The first-order valence-corrected chi connectivity index (χ1v) is 8.01. The number of pyridine rings is 1. The quantitative estimate of drug-likeness (QED) is 0.612. The fraction of sp³-hybridized carbons (Fsp3) is 0.167. The summed E-state index contributed by atoms with van der Waals surface area (Å²) in [7, 11) is 0. The van der Waals surface area contributed by atoms with Crippen LogP contribution in [0.2, 0.25) is 0 Å². The van der Waals surface area contributed by atoms with Gasteiger partial charge in [-0.2, -0.15) is 13.2 Å². The normalized spacial score (nSPS) is 11.4. The number of H-pyrrole nitrogens is 1. The van der Waals surface area contributed by atoms with Crippen LogP contribution in [-0.4, -0.2) is 28.3 Å². The third kappa shape index (κ3) is 4.43. The first kappa shape index (κ1) is 18.4. The Morgan fingerprint density at radius 3 is 2.74 bits per heavy atom. The molecule has 3 aromatic rings. The molecule has 27 heavy (non-hydrogen) atoms. The minimum absolute atomic E-state index is 0.0308. The minimum Gasteiger partial charge on any atom is -0.359 e. The van der Waals surface area contributed by atoms with Gasteiger partial charge in [-0.25, -0.2) is 0 Å². The molecule has 0 radical (unpaired) electrons. The molecule has 0 aliphatic heterocycles. The van der Waals surface area contributed by atoms with Crippen molar-refractivity contribution in [2.75, 3.05) is 11.9 Å². The Morgan fingerprint density at radius 1 is 1.15 bits per heavy atom. The molecular weight excluding hydrogens is 361 g/mol. The maximum absolute atomic E-state index is 12.7. The summed E-state index contributed by atoms with van der Waals surface area (Å²) in [5, 5.41) is 5.52. The van der Waals surface area contributed by atoms with Crippen LogP contribution in [-0.2, 0) is 22.2 Å². The lowest BCUT2D eigenvalue weighted by Crippen LogP contribution is -2.36. The fourth-order valence-electron chi connectivity index (χ4n) is 2.55. The molecular formula is C18H15F3N4O2. The average molecular weight is 376 g/mol. The van der Waals surface area contributed by atoms with Crippen molar-refractivity contribution in [1.29, 1.82) is 0 Å². The molecule has 1 aromatic carbocycles. The van der Waals surface area contributed by atoms with Gasteiger partial charge in [0.2, 0.25) is 0 Å². The van der Waals surface area contributed by atoms with Crippen LogP contribution in [0.4, 0.5) is 18.9 Å². The van der Waals surface area contributed by atoms with Crippen LogP contribution in [0.15, 0.2) is 48.9 Å². The van der Waals surface area contributed by atoms with E-state index >= 15 is 0 Å². The second-order valence-electron chi connectivity index (χ2n) is 5.78. The lowest BCUT2D eigenvalue weighted by atomic mass is 10.1. The molecule has 9 heteroatoms. The molecule has 0 fully saturated rings. The van der Waals surface area contributed by atoms with Gasteiger partial charge >= 0.3 is 18.0 Å². The van der Waals surface area contributed by atoms with E-state index in [4.69, 9.17) is 0 Å². The molecule has 0 spiro atoms. The van der Waals surface area contributed by atoms with Crippen LogP contribution in [0, 0.1) is 0 Å². The van der Waals surface area contributed by atoms with Crippen molar-refractivity contribution in [3.05, 3.63) is 60.0 Å². The lowest BCUT2D eigenvalue weighted by Gasteiger charge is -2.09. The SMILES string of the molecule is O=C(NCCc1cccc(C(F)(F)F)c1)C(=O)Nc1c[nH]c2ccncc12. The third-order valence-electron chi connectivity index (χ3n) is 3.89. The highest BCUT2D eigenvalue weighted by Gasteiger charge is 2.30. The number of halogens is 3. The monoisotopic (exact) mass is 376 g/mol. The summed E-state index contributed by atoms with van der Waals surface area (Å²) in [5.41, 5.74) is 0.826. The van der Waals surface area contributed by atoms with Gasteiger partial charge in [0.05, 0.1) is 16.8 Å². The standard InChI is InChI=1S/C18H15F3N4O2/c19-18(20,21)12-3-1-2-11(8-12)4-7-23-16(26)17(27)25-15-10-24-14-5-6-22-9-13(14)15/h1-3,5-6,8-10,24H,4,7H2,(H,23,26)(H,25,27). The third-order valence-corrected chi connectivity index (χ3v) is 3.89. The molecule has 0 atom stereocenters. The van der Waals surface area contributed by atoms with Crippen molar-refractivity contribution >= 4 is 28.4 Å². The van der Waals surface area contributed by atoms with E-state index in [0.717, 1.165) is 17.6 Å². The highest BCUT2D eigenvalue weighted by molar-refractivity contribution is 6.40. The van der Waals surface area contributed by atoms with Gasteiger partial charge in [0.25, 0.3) is 0 Å². The minimum atomic E-state index is -4.42. The maximum Gasteiger partial charge on any atom is 0.416 e. The molecule has 3 N–H and O–H groups in total. The number of aromatic nitrogens is 2. The van der Waals surface area contributed by atoms with E-state index in [1.165, 1.54) is 12.1 Å². The smallest absolute Gasteiger partial charge is 0.359 e. The molecule has 3 rings (SSSR count). The number of fused-ring (bicyclic) bond motifs is 1. The Labute approximate surface area is 151 Å². The molecule has 6 nitrogen and oxygen atoms in total. The Bertz CT molecular complexity index is 982. The second kappa shape index (κ2) is 7.48.